The number of methoxy groups -OCH3 is 1. The highest BCUT2D eigenvalue weighted by Gasteiger charge is 2.43. The summed E-state index contributed by atoms with van der Waals surface area (Å²) in [6.07, 6.45) is 0.857. The van der Waals surface area contributed by atoms with Gasteiger partial charge in [0.25, 0.3) is 0 Å². The summed E-state index contributed by atoms with van der Waals surface area (Å²) < 4.78 is 33.3. The van der Waals surface area contributed by atoms with Crippen LogP contribution in [0, 0.1) is 5.92 Å². The molecule has 2 aromatic carbocycles. The third-order valence-corrected chi connectivity index (χ3v) is 8.56. The Kier molecular flexibility index (Phi) is 5.96. The van der Waals surface area contributed by atoms with E-state index in [0.717, 1.165) is 5.69 Å². The van der Waals surface area contributed by atoms with Crippen LogP contribution in [0.5, 0.6) is 5.75 Å². The van der Waals surface area contributed by atoms with Gasteiger partial charge in [-0.1, -0.05) is 12.1 Å². The molecule has 1 fully saturated rings. The number of rotatable bonds is 5. The lowest BCUT2D eigenvalue weighted by Crippen LogP contribution is -2.41. The van der Waals surface area contributed by atoms with Crippen LogP contribution < -0.4 is 15.0 Å². The molecule has 0 spiro atoms. The zero-order valence-electron chi connectivity index (χ0n) is 19.3. The topological polar surface area (TPSA) is 96.0 Å². The van der Waals surface area contributed by atoms with Gasteiger partial charge in [-0.25, -0.2) is 8.42 Å². The molecule has 2 heterocycles. The second kappa shape index (κ2) is 8.46. The molecule has 4 rings (SSSR count). The molecule has 8 nitrogen and oxygen atoms in total. The zero-order valence-corrected chi connectivity index (χ0v) is 20.1. The summed E-state index contributed by atoms with van der Waals surface area (Å²) in [5.41, 5.74) is 1.26. The Morgan fingerprint density at radius 1 is 1.12 bits per heavy atom. The average Bonchev–Trinajstić information content (AvgIpc) is 2.99. The first-order chi connectivity index (χ1) is 15.6. The maximum Gasteiger partial charge on any atom is 0.243 e. The van der Waals surface area contributed by atoms with Gasteiger partial charge >= 0.3 is 0 Å². The summed E-state index contributed by atoms with van der Waals surface area (Å²) in [4.78, 5) is 27.0. The number of anilines is 2. The van der Waals surface area contributed by atoms with Crippen molar-refractivity contribution in [2.24, 2.45) is 5.92 Å². The highest BCUT2D eigenvalue weighted by molar-refractivity contribution is 7.89. The van der Waals surface area contributed by atoms with Crippen molar-refractivity contribution in [3.05, 3.63) is 48.0 Å². The Morgan fingerprint density at radius 3 is 2.45 bits per heavy atom. The van der Waals surface area contributed by atoms with Crippen molar-refractivity contribution in [1.29, 1.82) is 0 Å². The molecular formula is C24H29N3O5S. The fourth-order valence-electron chi connectivity index (χ4n) is 4.60. The van der Waals surface area contributed by atoms with Crippen molar-refractivity contribution in [1.82, 2.24) is 4.31 Å². The van der Waals surface area contributed by atoms with Gasteiger partial charge in [0.1, 0.15) is 5.75 Å². The Hall–Kier alpha value is -2.91. The summed E-state index contributed by atoms with van der Waals surface area (Å²) in [7, 11) is -0.492. The summed E-state index contributed by atoms with van der Waals surface area (Å²) >= 11 is 0. The van der Waals surface area contributed by atoms with Gasteiger partial charge in [0.15, 0.2) is 0 Å². The highest BCUT2D eigenvalue weighted by Crippen LogP contribution is 2.42. The fourth-order valence-corrected chi connectivity index (χ4v) is 6.10. The van der Waals surface area contributed by atoms with E-state index in [1.807, 2.05) is 12.1 Å². The molecule has 2 aromatic rings. The number of carbonyl (C=O) groups excluding carboxylic acids is 2. The van der Waals surface area contributed by atoms with E-state index >= 15 is 0 Å². The largest absolute Gasteiger partial charge is 0.495 e. The number of likely N-dealkylation sites (N-methyl/N-ethyl adjacent to an activating group) is 1. The Labute approximate surface area is 194 Å². The Balaban J connectivity index is 1.46. The number of benzene rings is 2. The molecule has 1 N–H and O–H groups in total. The number of hydrogen-bond acceptors (Lipinski definition) is 5. The van der Waals surface area contributed by atoms with Crippen molar-refractivity contribution < 1.29 is 22.7 Å². The van der Waals surface area contributed by atoms with Crippen molar-refractivity contribution in [2.75, 3.05) is 37.5 Å². The van der Waals surface area contributed by atoms with Crippen LogP contribution in [0.4, 0.5) is 11.4 Å². The van der Waals surface area contributed by atoms with Gasteiger partial charge in [0, 0.05) is 31.7 Å². The van der Waals surface area contributed by atoms with Crippen molar-refractivity contribution in [2.45, 2.75) is 37.0 Å². The van der Waals surface area contributed by atoms with Crippen LogP contribution in [-0.2, 0) is 25.0 Å². The van der Waals surface area contributed by atoms with E-state index < -0.39 is 15.4 Å². The molecule has 176 valence electrons. The Morgan fingerprint density at radius 2 is 1.79 bits per heavy atom. The normalized spacial score (nSPS) is 18.8. The number of nitrogens with one attached hydrogen (secondary N) is 1. The number of nitrogens with zero attached hydrogens (tertiary/aromatic N) is 2. The minimum Gasteiger partial charge on any atom is -0.495 e. The first-order valence-electron chi connectivity index (χ1n) is 10.9. The first kappa shape index (κ1) is 23.3. The minimum absolute atomic E-state index is 0.0612. The van der Waals surface area contributed by atoms with E-state index in [9.17, 15) is 18.0 Å². The van der Waals surface area contributed by atoms with Gasteiger partial charge in [0.2, 0.25) is 21.8 Å². The SMILES string of the molecule is COc1ccccc1NC(=O)C1CCN(S(=O)(=O)c2ccc3c(c2)C(C)(C)C(=O)N3C)CC1. The molecule has 0 unspecified atom stereocenters. The number of ether oxygens (including phenoxy) is 1. The predicted molar refractivity (Wildman–Crippen MR) is 126 cm³/mol. The smallest absolute Gasteiger partial charge is 0.243 e. The quantitative estimate of drug-likeness (QED) is 0.723. The lowest BCUT2D eigenvalue weighted by molar-refractivity contribution is -0.122. The third kappa shape index (κ3) is 4.00. The minimum atomic E-state index is -3.74. The van der Waals surface area contributed by atoms with Crippen LogP contribution in [0.2, 0.25) is 0 Å². The number of fused-ring (bicyclic) bond motifs is 1. The summed E-state index contributed by atoms with van der Waals surface area (Å²) in [6.45, 7) is 4.12. The van der Waals surface area contributed by atoms with E-state index in [1.54, 1.807) is 63.2 Å². The van der Waals surface area contributed by atoms with Crippen LogP contribution in [0.1, 0.15) is 32.3 Å². The lowest BCUT2D eigenvalue weighted by Gasteiger charge is -2.31. The number of hydrogen-bond donors (Lipinski definition) is 1. The molecule has 0 saturated carbocycles. The third-order valence-electron chi connectivity index (χ3n) is 6.67. The van der Waals surface area contributed by atoms with Crippen molar-refractivity contribution in [3.8, 4) is 5.75 Å². The molecule has 0 aliphatic carbocycles. The molecule has 33 heavy (non-hydrogen) atoms. The lowest BCUT2D eigenvalue weighted by atomic mass is 9.86. The standard InChI is InChI=1S/C24H29N3O5S/c1-24(2)18-15-17(9-10-20(18)26(3)23(24)29)33(30,31)27-13-11-16(12-14-27)22(28)25-19-7-5-6-8-21(19)32-4/h5-10,15-16H,11-14H2,1-4H3,(H,25,28). The number of amides is 2. The molecule has 0 bridgehead atoms. The number of carbonyl (C=O) groups is 2. The van der Waals surface area contributed by atoms with E-state index in [-0.39, 0.29) is 35.7 Å². The van der Waals surface area contributed by atoms with E-state index in [2.05, 4.69) is 5.32 Å². The maximum atomic E-state index is 13.3. The van der Waals surface area contributed by atoms with E-state index in [0.29, 0.717) is 29.8 Å². The highest BCUT2D eigenvalue weighted by atomic mass is 32.2. The van der Waals surface area contributed by atoms with Gasteiger partial charge < -0.3 is 15.0 Å². The molecule has 2 amide bonds. The molecule has 0 aromatic heterocycles. The van der Waals surface area contributed by atoms with Gasteiger partial charge in [-0.05, 0) is 62.6 Å². The molecule has 2 aliphatic rings. The number of piperidine rings is 1. The number of sulfonamides is 1. The molecular weight excluding hydrogens is 442 g/mol. The van der Waals surface area contributed by atoms with Crippen LogP contribution in [-0.4, -0.2) is 51.8 Å². The average molecular weight is 472 g/mol. The molecule has 0 atom stereocenters. The molecule has 2 aliphatic heterocycles. The van der Waals surface area contributed by atoms with Crippen molar-refractivity contribution >= 4 is 33.2 Å². The summed E-state index contributed by atoms with van der Waals surface area (Å²) in [5.74, 6) is 0.0902. The van der Waals surface area contributed by atoms with Crippen LogP contribution in [0.15, 0.2) is 47.4 Å². The summed E-state index contributed by atoms with van der Waals surface area (Å²) in [6, 6.07) is 12.1. The van der Waals surface area contributed by atoms with Crippen LogP contribution >= 0.6 is 0 Å². The second-order valence-electron chi connectivity index (χ2n) is 9.04. The van der Waals surface area contributed by atoms with Gasteiger partial charge in [0.05, 0.1) is 23.1 Å². The van der Waals surface area contributed by atoms with Gasteiger partial charge in [-0.15, -0.1) is 0 Å². The van der Waals surface area contributed by atoms with Gasteiger partial charge in [-0.3, -0.25) is 9.59 Å². The monoisotopic (exact) mass is 471 g/mol. The zero-order chi connectivity index (χ0) is 24.0. The van der Waals surface area contributed by atoms with Crippen LogP contribution in [0.25, 0.3) is 0 Å². The summed E-state index contributed by atoms with van der Waals surface area (Å²) in [5, 5.41) is 2.89. The number of para-hydroxylation sites is 2. The maximum absolute atomic E-state index is 13.3. The van der Waals surface area contributed by atoms with Crippen LogP contribution in [0.3, 0.4) is 0 Å². The van der Waals surface area contributed by atoms with Gasteiger partial charge in [-0.2, -0.15) is 4.31 Å². The predicted octanol–water partition coefficient (Wildman–Crippen LogP) is 2.99. The Bertz CT molecular complexity index is 1200. The molecule has 1 saturated heterocycles. The van der Waals surface area contributed by atoms with E-state index in [1.165, 1.54) is 4.31 Å². The molecule has 0 radical (unpaired) electrons. The first-order valence-corrected chi connectivity index (χ1v) is 12.4. The second-order valence-corrected chi connectivity index (χ2v) is 11.0. The fraction of sp³-hybridized carbons (Fsp3) is 0.417. The van der Waals surface area contributed by atoms with E-state index in [4.69, 9.17) is 4.74 Å². The van der Waals surface area contributed by atoms with Crippen molar-refractivity contribution in [3.63, 3.8) is 0 Å². The molecule has 9 heteroatoms.